The maximum absolute atomic E-state index is 11.4. The van der Waals surface area contributed by atoms with Gasteiger partial charge in [0.2, 0.25) is 17.8 Å². The van der Waals surface area contributed by atoms with E-state index in [1.165, 1.54) is 0 Å². The van der Waals surface area contributed by atoms with Crippen molar-refractivity contribution in [2.75, 3.05) is 41.7 Å². The van der Waals surface area contributed by atoms with Crippen LogP contribution in [0.15, 0.2) is 25.3 Å². The van der Waals surface area contributed by atoms with E-state index >= 15 is 0 Å². The van der Waals surface area contributed by atoms with Crippen LogP contribution in [0.2, 0.25) is 0 Å². The van der Waals surface area contributed by atoms with E-state index in [0.29, 0.717) is 50.4 Å². The maximum Gasteiger partial charge on any atom is 0.232 e. The van der Waals surface area contributed by atoms with Crippen LogP contribution in [0.3, 0.4) is 0 Å². The van der Waals surface area contributed by atoms with Gasteiger partial charge in [-0.05, 0) is 0 Å². The van der Waals surface area contributed by atoms with Crippen molar-refractivity contribution in [2.24, 2.45) is 0 Å². The topological polar surface area (TPSA) is 83.0 Å². The van der Waals surface area contributed by atoms with E-state index in [0.717, 1.165) is 0 Å². The highest BCUT2D eigenvalue weighted by Gasteiger charge is 2.22. The average molecular weight is 274 g/mol. The monoisotopic (exact) mass is 274 g/mol. The van der Waals surface area contributed by atoms with Gasteiger partial charge in [-0.1, -0.05) is 12.2 Å². The van der Waals surface area contributed by atoms with Crippen LogP contribution in [0, 0.1) is 0 Å². The molecule has 1 aliphatic rings. The summed E-state index contributed by atoms with van der Waals surface area (Å²) in [5.41, 5.74) is 0. The van der Waals surface area contributed by atoms with Crippen LogP contribution < -0.4 is 15.5 Å². The minimum absolute atomic E-state index is 0.201. The number of nitrogens with zero attached hydrogens (tertiary/aromatic N) is 4. The molecule has 2 N–H and O–H groups in total. The van der Waals surface area contributed by atoms with Crippen molar-refractivity contribution < 1.29 is 4.79 Å². The zero-order valence-corrected chi connectivity index (χ0v) is 11.3. The lowest BCUT2D eigenvalue weighted by Crippen LogP contribution is -2.23. The SMILES string of the molecule is C=CCNc1nc(NCC=C)nc(N2CCC(=O)C2)n1. The second-order valence-electron chi connectivity index (χ2n) is 4.33. The number of ketones is 1. The quantitative estimate of drug-likeness (QED) is 0.713. The van der Waals surface area contributed by atoms with Crippen molar-refractivity contribution in [3.8, 4) is 0 Å². The van der Waals surface area contributed by atoms with Crippen LogP contribution in [0.5, 0.6) is 0 Å². The fourth-order valence-corrected chi connectivity index (χ4v) is 1.79. The molecule has 0 saturated carbocycles. The number of rotatable bonds is 7. The molecule has 7 nitrogen and oxygen atoms in total. The van der Waals surface area contributed by atoms with Gasteiger partial charge in [0.05, 0.1) is 6.54 Å². The van der Waals surface area contributed by atoms with Crippen molar-refractivity contribution in [3.63, 3.8) is 0 Å². The largest absolute Gasteiger partial charge is 0.351 e. The van der Waals surface area contributed by atoms with Crippen molar-refractivity contribution >= 4 is 23.6 Å². The number of nitrogens with one attached hydrogen (secondary N) is 2. The molecular weight excluding hydrogens is 256 g/mol. The first-order chi connectivity index (χ1) is 9.72. The van der Waals surface area contributed by atoms with E-state index in [1.54, 1.807) is 12.2 Å². The Bertz CT molecular complexity index is 485. The van der Waals surface area contributed by atoms with Gasteiger partial charge in [-0.3, -0.25) is 4.79 Å². The molecule has 0 unspecified atom stereocenters. The van der Waals surface area contributed by atoms with Crippen LogP contribution in [0.1, 0.15) is 6.42 Å². The smallest absolute Gasteiger partial charge is 0.232 e. The Morgan fingerprint density at radius 1 is 1.10 bits per heavy atom. The molecule has 0 amide bonds. The molecular formula is C13H18N6O. The lowest BCUT2D eigenvalue weighted by Gasteiger charge is -2.16. The number of anilines is 3. The van der Waals surface area contributed by atoms with E-state index in [-0.39, 0.29) is 5.78 Å². The Balaban J connectivity index is 2.21. The van der Waals surface area contributed by atoms with Crippen molar-refractivity contribution in [1.82, 2.24) is 15.0 Å². The fourth-order valence-electron chi connectivity index (χ4n) is 1.79. The normalized spacial score (nSPS) is 14.2. The Labute approximate surface area is 117 Å². The highest BCUT2D eigenvalue weighted by molar-refractivity contribution is 5.86. The third-order valence-electron chi connectivity index (χ3n) is 2.74. The highest BCUT2D eigenvalue weighted by atomic mass is 16.1. The summed E-state index contributed by atoms with van der Waals surface area (Å²) in [6, 6.07) is 0. The molecule has 1 aromatic rings. The van der Waals surface area contributed by atoms with Gasteiger partial charge in [0, 0.05) is 26.1 Å². The molecule has 1 aromatic heterocycles. The van der Waals surface area contributed by atoms with Gasteiger partial charge in [0.1, 0.15) is 0 Å². The summed E-state index contributed by atoms with van der Waals surface area (Å²) < 4.78 is 0. The Morgan fingerprint density at radius 2 is 1.70 bits per heavy atom. The van der Waals surface area contributed by atoms with Gasteiger partial charge in [-0.25, -0.2) is 0 Å². The maximum atomic E-state index is 11.4. The number of hydrogen-bond acceptors (Lipinski definition) is 7. The predicted octanol–water partition coefficient (Wildman–Crippen LogP) is 0.847. The second kappa shape index (κ2) is 6.65. The predicted molar refractivity (Wildman–Crippen MR) is 79.0 cm³/mol. The summed E-state index contributed by atoms with van der Waals surface area (Å²) >= 11 is 0. The van der Waals surface area contributed by atoms with Crippen molar-refractivity contribution in [2.45, 2.75) is 6.42 Å². The molecule has 0 atom stereocenters. The van der Waals surface area contributed by atoms with Crippen LogP contribution >= 0.6 is 0 Å². The molecule has 0 aliphatic carbocycles. The first-order valence-corrected chi connectivity index (χ1v) is 6.45. The number of Topliss-reactive ketones (excluding diaryl/α,β-unsaturated/α-hetero) is 1. The molecule has 0 aromatic carbocycles. The van der Waals surface area contributed by atoms with Crippen molar-refractivity contribution in [1.29, 1.82) is 0 Å². The van der Waals surface area contributed by atoms with Crippen LogP contribution in [-0.2, 0) is 4.79 Å². The number of carbonyl (C=O) groups is 1. The molecule has 7 heteroatoms. The van der Waals surface area contributed by atoms with Gasteiger partial charge < -0.3 is 15.5 Å². The average Bonchev–Trinajstić information content (AvgIpc) is 2.89. The third kappa shape index (κ3) is 3.53. The number of carbonyl (C=O) groups excluding carboxylic acids is 1. The van der Waals surface area contributed by atoms with E-state index in [4.69, 9.17) is 0 Å². The number of aromatic nitrogens is 3. The summed E-state index contributed by atoms with van der Waals surface area (Å²) in [6.45, 7) is 9.39. The summed E-state index contributed by atoms with van der Waals surface area (Å²) in [5, 5.41) is 6.06. The Morgan fingerprint density at radius 3 is 2.15 bits per heavy atom. The highest BCUT2D eigenvalue weighted by Crippen LogP contribution is 2.17. The van der Waals surface area contributed by atoms with Crippen LogP contribution in [0.25, 0.3) is 0 Å². The minimum Gasteiger partial charge on any atom is -0.351 e. The molecule has 1 saturated heterocycles. The van der Waals surface area contributed by atoms with Gasteiger partial charge in [0.25, 0.3) is 0 Å². The van der Waals surface area contributed by atoms with E-state index in [9.17, 15) is 4.79 Å². The van der Waals surface area contributed by atoms with E-state index in [2.05, 4.69) is 38.7 Å². The molecule has 0 radical (unpaired) electrons. The van der Waals surface area contributed by atoms with E-state index < -0.39 is 0 Å². The molecule has 1 aliphatic heterocycles. The summed E-state index contributed by atoms with van der Waals surface area (Å²) in [7, 11) is 0. The van der Waals surface area contributed by atoms with Gasteiger partial charge in [-0.15, -0.1) is 13.2 Å². The van der Waals surface area contributed by atoms with E-state index in [1.807, 2.05) is 4.90 Å². The standard InChI is InChI=1S/C13H18N6O/c1-3-6-14-11-16-12(15-7-4-2)18-13(17-11)19-8-5-10(20)9-19/h3-4H,1-2,5-9H2,(H2,14,15,16,17,18). The summed E-state index contributed by atoms with van der Waals surface area (Å²) in [4.78, 5) is 26.1. The second-order valence-corrected chi connectivity index (χ2v) is 4.33. The van der Waals surface area contributed by atoms with Crippen LogP contribution in [-0.4, -0.2) is 46.9 Å². The van der Waals surface area contributed by atoms with Gasteiger partial charge >= 0.3 is 0 Å². The van der Waals surface area contributed by atoms with Gasteiger partial charge in [-0.2, -0.15) is 15.0 Å². The van der Waals surface area contributed by atoms with Crippen molar-refractivity contribution in [3.05, 3.63) is 25.3 Å². The Hall–Kier alpha value is -2.44. The molecule has 0 bridgehead atoms. The van der Waals surface area contributed by atoms with Gasteiger partial charge in [0.15, 0.2) is 5.78 Å². The lowest BCUT2D eigenvalue weighted by molar-refractivity contribution is -0.116. The zero-order valence-electron chi connectivity index (χ0n) is 11.3. The first kappa shape index (κ1) is 14.0. The molecule has 2 rings (SSSR count). The molecule has 2 heterocycles. The third-order valence-corrected chi connectivity index (χ3v) is 2.74. The Kier molecular flexibility index (Phi) is 4.65. The molecule has 106 valence electrons. The lowest BCUT2D eigenvalue weighted by atomic mass is 10.4. The van der Waals surface area contributed by atoms with Crippen LogP contribution in [0.4, 0.5) is 17.8 Å². The summed E-state index contributed by atoms with van der Waals surface area (Å²) in [5.74, 6) is 1.62. The molecule has 20 heavy (non-hydrogen) atoms. The molecule has 0 spiro atoms. The zero-order chi connectivity index (χ0) is 14.4. The molecule has 1 fully saturated rings. The fraction of sp³-hybridized carbons (Fsp3) is 0.385. The summed E-state index contributed by atoms with van der Waals surface area (Å²) in [6.07, 6.45) is 3.98. The minimum atomic E-state index is 0.201. The first-order valence-electron chi connectivity index (χ1n) is 6.45. The number of hydrogen-bond donors (Lipinski definition) is 2.